The number of carbonyl (C=O) groups is 1. The molecule has 33 heavy (non-hydrogen) atoms. The van der Waals surface area contributed by atoms with Crippen LogP contribution in [0.25, 0.3) is 5.65 Å². The number of nitrogens with zero attached hydrogens (tertiary/aromatic N) is 3. The molecule has 1 aliphatic rings. The third-order valence-corrected chi connectivity index (χ3v) is 5.85. The van der Waals surface area contributed by atoms with E-state index in [1.807, 2.05) is 0 Å². The Hall–Kier alpha value is -2.87. The van der Waals surface area contributed by atoms with Crippen molar-refractivity contribution >= 4 is 21.9 Å². The summed E-state index contributed by atoms with van der Waals surface area (Å²) in [5, 5.41) is 11.1. The van der Waals surface area contributed by atoms with Crippen LogP contribution in [0.1, 0.15) is 39.2 Å². The number of hydrogen-bond donors (Lipinski definition) is 1. The van der Waals surface area contributed by atoms with E-state index in [-0.39, 0.29) is 31.6 Å². The number of alkyl halides is 3. The Morgan fingerprint density at radius 2 is 1.79 bits per heavy atom. The van der Waals surface area contributed by atoms with Gasteiger partial charge in [-0.25, -0.2) is 4.79 Å². The maximum absolute atomic E-state index is 12.5. The molecule has 182 valence electrons. The van der Waals surface area contributed by atoms with Gasteiger partial charge in [0.15, 0.2) is 0 Å². The number of ether oxygens (including phenoxy) is 1. The summed E-state index contributed by atoms with van der Waals surface area (Å²) in [6.45, 7) is 5.60. The molecule has 0 saturated carbocycles. The molecule has 0 unspecified atom stereocenters. The molecule has 0 aliphatic carbocycles. The second kappa shape index (κ2) is 8.17. The van der Waals surface area contributed by atoms with E-state index in [1.165, 1.54) is 23.2 Å². The number of halogens is 3. The molecule has 14 heteroatoms. The molecule has 0 atom stereocenters. The van der Waals surface area contributed by atoms with E-state index < -0.39 is 44.4 Å². The summed E-state index contributed by atoms with van der Waals surface area (Å²) < 4.78 is 70.0. The van der Waals surface area contributed by atoms with E-state index in [0.29, 0.717) is 11.6 Å². The Morgan fingerprint density at radius 1 is 1.18 bits per heavy atom. The molecule has 3 rings (SSSR count). The lowest BCUT2D eigenvalue weighted by Gasteiger charge is -2.38. The van der Waals surface area contributed by atoms with E-state index in [9.17, 15) is 36.3 Å². The van der Waals surface area contributed by atoms with E-state index in [0.717, 1.165) is 4.40 Å². The molecule has 0 bridgehead atoms. The van der Waals surface area contributed by atoms with Crippen molar-refractivity contribution in [1.29, 1.82) is 0 Å². The minimum Gasteiger partial charge on any atom is -0.444 e. The predicted molar refractivity (Wildman–Crippen MR) is 108 cm³/mol. The van der Waals surface area contributed by atoms with E-state index in [1.54, 1.807) is 20.8 Å². The van der Waals surface area contributed by atoms with Gasteiger partial charge >= 0.3 is 21.7 Å². The fourth-order valence-electron chi connectivity index (χ4n) is 3.23. The fourth-order valence-corrected chi connectivity index (χ4v) is 3.64. The molecular weight excluding hydrogens is 471 g/mol. The van der Waals surface area contributed by atoms with E-state index in [4.69, 9.17) is 4.74 Å². The molecule has 10 nitrogen and oxygen atoms in total. The monoisotopic (exact) mass is 493 g/mol. The Balaban J connectivity index is 1.82. The highest BCUT2D eigenvalue weighted by Crippen LogP contribution is 2.33. The van der Waals surface area contributed by atoms with Crippen molar-refractivity contribution < 1.29 is 40.4 Å². The summed E-state index contributed by atoms with van der Waals surface area (Å²) in [6.07, 6.45) is 1.04. The number of pyridine rings is 1. The van der Waals surface area contributed by atoms with Crippen LogP contribution in [0.3, 0.4) is 0 Å². The second-order valence-electron chi connectivity index (χ2n) is 8.56. The number of fused-ring (bicyclic) bond motifs is 1. The zero-order valence-corrected chi connectivity index (χ0v) is 18.7. The van der Waals surface area contributed by atoms with Crippen molar-refractivity contribution in [2.45, 2.75) is 50.3 Å². The Morgan fingerprint density at radius 3 is 2.33 bits per heavy atom. The molecule has 1 aliphatic heterocycles. The van der Waals surface area contributed by atoms with Crippen molar-refractivity contribution in [3.63, 3.8) is 0 Å². The van der Waals surface area contributed by atoms with Gasteiger partial charge in [0.1, 0.15) is 11.2 Å². The van der Waals surface area contributed by atoms with Crippen molar-refractivity contribution in [3.05, 3.63) is 40.3 Å². The Labute approximate surface area is 186 Å². The van der Waals surface area contributed by atoms with E-state index >= 15 is 0 Å². The molecule has 1 N–H and O–H groups in total. The molecule has 0 aromatic carbocycles. The van der Waals surface area contributed by atoms with Gasteiger partial charge in [0.2, 0.25) is 5.88 Å². The molecule has 1 fully saturated rings. The first kappa shape index (κ1) is 24.8. The highest BCUT2D eigenvalue weighted by atomic mass is 32.2. The molecule has 2 aromatic heterocycles. The lowest BCUT2D eigenvalue weighted by Crippen LogP contribution is -2.47. The highest BCUT2D eigenvalue weighted by molar-refractivity contribution is 7.87. The van der Waals surface area contributed by atoms with Gasteiger partial charge in [-0.15, -0.1) is 0 Å². The van der Waals surface area contributed by atoms with Crippen LogP contribution in [-0.4, -0.2) is 58.1 Å². The third-order valence-electron chi connectivity index (χ3n) is 4.89. The van der Waals surface area contributed by atoms with Crippen molar-refractivity contribution in [2.24, 2.45) is 0 Å². The predicted octanol–water partition coefficient (Wildman–Crippen LogP) is 2.14. The largest absolute Gasteiger partial charge is 0.534 e. The van der Waals surface area contributed by atoms with Crippen LogP contribution in [0.2, 0.25) is 0 Å². The van der Waals surface area contributed by atoms with Crippen LogP contribution in [0.15, 0.2) is 29.2 Å². The van der Waals surface area contributed by atoms with Gasteiger partial charge in [0.05, 0.1) is 11.7 Å². The quantitative estimate of drug-likeness (QED) is 0.509. The fraction of sp³-hybridized carbons (Fsp3) is 0.526. The summed E-state index contributed by atoms with van der Waals surface area (Å²) >= 11 is 0. The number of aromatic nitrogens is 2. The van der Waals surface area contributed by atoms with Gasteiger partial charge in [0, 0.05) is 24.8 Å². The lowest BCUT2D eigenvalue weighted by atomic mass is 9.85. The van der Waals surface area contributed by atoms with Gasteiger partial charge < -0.3 is 18.9 Å². The zero-order chi connectivity index (χ0) is 24.8. The van der Waals surface area contributed by atoms with Gasteiger partial charge in [0.25, 0.3) is 5.56 Å². The number of piperidine rings is 1. The molecular formula is C19H22F3N3O7S. The Bertz CT molecular complexity index is 1230. The maximum Gasteiger partial charge on any atom is 0.534 e. The van der Waals surface area contributed by atoms with Crippen LogP contribution in [-0.2, 0) is 20.5 Å². The van der Waals surface area contributed by atoms with Gasteiger partial charge in [-0.05, 0) is 39.7 Å². The zero-order valence-electron chi connectivity index (χ0n) is 17.9. The van der Waals surface area contributed by atoms with Gasteiger partial charge in [-0.2, -0.15) is 26.6 Å². The Kier molecular flexibility index (Phi) is 6.13. The standard InChI is InChI=1S/C19H22F3N3O7S/c1-17(2,3)31-16(27)24-8-6-18(28,7-9-24)12-4-5-13-23-14(10-15(26)25(13)11-12)32-33(29,30)19(20,21)22/h4-5,10-11,28H,6-9H2,1-3H3. The third kappa shape index (κ3) is 5.38. The summed E-state index contributed by atoms with van der Waals surface area (Å²) in [5.74, 6) is -1.03. The molecule has 1 amide bonds. The molecule has 0 spiro atoms. The normalized spacial score (nSPS) is 17.1. The number of aliphatic hydroxyl groups is 1. The van der Waals surface area contributed by atoms with Crippen LogP contribution in [0.4, 0.5) is 18.0 Å². The SMILES string of the molecule is CC(C)(C)OC(=O)N1CCC(O)(c2ccc3nc(OS(=O)(=O)C(F)(F)F)cc(=O)n3c2)CC1. The summed E-state index contributed by atoms with van der Waals surface area (Å²) in [4.78, 5) is 29.7. The molecule has 2 aromatic rings. The number of amides is 1. The first-order valence-electron chi connectivity index (χ1n) is 9.76. The van der Waals surface area contributed by atoms with Crippen LogP contribution in [0, 0.1) is 0 Å². The van der Waals surface area contributed by atoms with Gasteiger partial charge in [-0.1, -0.05) is 6.07 Å². The van der Waals surface area contributed by atoms with Crippen LogP contribution >= 0.6 is 0 Å². The van der Waals surface area contributed by atoms with Crippen molar-refractivity contribution in [3.8, 4) is 5.88 Å². The lowest BCUT2D eigenvalue weighted by molar-refractivity contribution is -0.0501. The second-order valence-corrected chi connectivity index (χ2v) is 10.1. The average molecular weight is 493 g/mol. The number of likely N-dealkylation sites (tertiary alicyclic amines) is 1. The maximum atomic E-state index is 12.5. The van der Waals surface area contributed by atoms with Crippen LogP contribution in [0.5, 0.6) is 5.88 Å². The number of rotatable bonds is 3. The topological polar surface area (TPSA) is 128 Å². The number of hydrogen-bond acceptors (Lipinski definition) is 8. The summed E-state index contributed by atoms with van der Waals surface area (Å²) in [6, 6.07) is 3.14. The van der Waals surface area contributed by atoms with Crippen molar-refractivity contribution in [2.75, 3.05) is 13.1 Å². The van der Waals surface area contributed by atoms with Crippen molar-refractivity contribution in [1.82, 2.24) is 14.3 Å². The highest BCUT2D eigenvalue weighted by Gasteiger charge is 2.49. The smallest absolute Gasteiger partial charge is 0.444 e. The average Bonchev–Trinajstić information content (AvgIpc) is 2.65. The van der Waals surface area contributed by atoms with E-state index in [2.05, 4.69) is 9.17 Å². The molecule has 0 radical (unpaired) electrons. The summed E-state index contributed by atoms with van der Waals surface area (Å²) in [7, 11) is -5.99. The first-order valence-corrected chi connectivity index (χ1v) is 11.2. The number of carbonyl (C=O) groups excluding carboxylic acids is 1. The molecule has 3 heterocycles. The van der Waals surface area contributed by atoms with Crippen LogP contribution < -0.4 is 9.74 Å². The summed E-state index contributed by atoms with van der Waals surface area (Å²) in [5.41, 5.74) is -8.52. The minimum atomic E-state index is -5.99. The minimum absolute atomic E-state index is 0.144. The van der Waals surface area contributed by atoms with Gasteiger partial charge in [-0.3, -0.25) is 9.20 Å². The first-order chi connectivity index (χ1) is 15.0. The molecule has 1 saturated heterocycles.